The van der Waals surface area contributed by atoms with Crippen molar-refractivity contribution in [3.05, 3.63) is 205 Å². The minimum absolute atomic E-state index is 0.162. The Bertz CT molecular complexity index is 3190. The highest BCUT2D eigenvalue weighted by atomic mass is 16.3. The summed E-state index contributed by atoms with van der Waals surface area (Å²) in [5, 5.41) is 1.96. The molecule has 280 valence electrons. The molecule has 59 heavy (non-hydrogen) atoms. The molecule has 1 aliphatic rings. The van der Waals surface area contributed by atoms with Crippen LogP contribution in [0.4, 0.5) is 17.1 Å². The number of para-hydroxylation sites is 2. The van der Waals surface area contributed by atoms with Crippen molar-refractivity contribution in [1.82, 2.24) is 15.0 Å². The fourth-order valence-corrected chi connectivity index (χ4v) is 8.81. The molecule has 8 aromatic carbocycles. The van der Waals surface area contributed by atoms with Gasteiger partial charge < -0.3 is 9.32 Å². The highest BCUT2D eigenvalue weighted by molar-refractivity contribution is 6.13. The van der Waals surface area contributed by atoms with Crippen LogP contribution < -0.4 is 4.90 Å². The molecule has 2 aromatic heterocycles. The Hall–Kier alpha value is -7.63. The summed E-state index contributed by atoms with van der Waals surface area (Å²) in [5.74, 6) is 1.76. The number of fused-ring (bicyclic) bond motifs is 6. The minimum Gasteiger partial charge on any atom is -0.456 e. The van der Waals surface area contributed by atoms with Crippen molar-refractivity contribution in [2.24, 2.45) is 0 Å². The first-order valence-corrected chi connectivity index (χ1v) is 20.0. The van der Waals surface area contributed by atoms with Gasteiger partial charge in [0, 0.05) is 50.3 Å². The molecule has 0 saturated heterocycles. The molecule has 5 heteroatoms. The lowest BCUT2D eigenvalue weighted by atomic mass is 9.82. The van der Waals surface area contributed by atoms with Gasteiger partial charge in [0.05, 0.1) is 5.69 Å². The van der Waals surface area contributed by atoms with E-state index in [0.29, 0.717) is 17.5 Å². The standard InChI is InChI=1S/C54H38N4O/c1-54(2)46-27-14-12-25-42(46)43-30-29-40(33-47(43)54)58(39-23-10-5-11-24-39)41-32-45(50-44-26-13-15-28-48(44)59-49(50)34-41)53-56-51(36-19-8-4-9-20-36)55-52(57-53)38-22-16-21-37(31-38)35-17-6-3-7-18-35/h3-34H,1-2H3. The van der Waals surface area contributed by atoms with Gasteiger partial charge in [-0.15, -0.1) is 0 Å². The maximum Gasteiger partial charge on any atom is 0.164 e. The monoisotopic (exact) mass is 758 g/mol. The van der Waals surface area contributed by atoms with Crippen LogP contribution in [0.15, 0.2) is 199 Å². The first-order chi connectivity index (χ1) is 29.0. The van der Waals surface area contributed by atoms with Gasteiger partial charge in [0.25, 0.3) is 0 Å². The maximum absolute atomic E-state index is 6.72. The fourth-order valence-electron chi connectivity index (χ4n) is 8.81. The van der Waals surface area contributed by atoms with Gasteiger partial charge in [0.15, 0.2) is 17.5 Å². The van der Waals surface area contributed by atoms with Crippen LogP contribution in [0.2, 0.25) is 0 Å². The number of nitrogens with zero attached hydrogens (tertiary/aromatic N) is 4. The molecule has 0 spiro atoms. The quantitative estimate of drug-likeness (QED) is 0.162. The summed E-state index contributed by atoms with van der Waals surface area (Å²) in [6.07, 6.45) is 0. The van der Waals surface area contributed by atoms with Crippen molar-refractivity contribution in [2.75, 3.05) is 4.90 Å². The number of hydrogen-bond donors (Lipinski definition) is 0. The Balaban J connectivity index is 1.16. The van der Waals surface area contributed by atoms with Crippen molar-refractivity contribution in [3.8, 4) is 56.4 Å². The van der Waals surface area contributed by atoms with E-state index in [4.69, 9.17) is 19.4 Å². The second-order valence-electron chi connectivity index (χ2n) is 15.7. The first-order valence-electron chi connectivity index (χ1n) is 20.0. The van der Waals surface area contributed by atoms with Crippen LogP contribution in [0.3, 0.4) is 0 Å². The van der Waals surface area contributed by atoms with Gasteiger partial charge in [-0.3, -0.25) is 0 Å². The predicted octanol–water partition coefficient (Wildman–Crippen LogP) is 14.2. The molecule has 0 radical (unpaired) electrons. The van der Waals surface area contributed by atoms with Gasteiger partial charge in [-0.25, -0.2) is 15.0 Å². The van der Waals surface area contributed by atoms with Gasteiger partial charge in [-0.2, -0.15) is 0 Å². The lowest BCUT2D eigenvalue weighted by Gasteiger charge is -2.28. The zero-order valence-corrected chi connectivity index (χ0v) is 32.7. The van der Waals surface area contributed by atoms with Crippen molar-refractivity contribution in [3.63, 3.8) is 0 Å². The van der Waals surface area contributed by atoms with E-state index in [1.165, 1.54) is 22.3 Å². The SMILES string of the molecule is CC1(C)c2ccccc2-c2ccc(N(c3ccccc3)c3cc(-c4nc(-c5ccccc5)nc(-c5cccc(-c6ccccc6)c5)n4)c4c(c3)oc3ccccc34)cc21. The normalized spacial score (nSPS) is 12.7. The number of anilines is 3. The molecule has 0 bridgehead atoms. The van der Waals surface area contributed by atoms with Crippen LogP contribution in [0.25, 0.3) is 78.4 Å². The third-order valence-corrected chi connectivity index (χ3v) is 11.7. The number of rotatable bonds is 7. The molecule has 10 aromatic rings. The van der Waals surface area contributed by atoms with Crippen molar-refractivity contribution in [1.29, 1.82) is 0 Å². The van der Waals surface area contributed by atoms with Crippen LogP contribution in [0, 0.1) is 0 Å². The summed E-state index contributed by atoms with van der Waals surface area (Å²) in [6, 6.07) is 67.8. The van der Waals surface area contributed by atoms with Crippen molar-refractivity contribution >= 4 is 39.0 Å². The molecular formula is C54H38N4O. The molecule has 0 aliphatic heterocycles. The van der Waals surface area contributed by atoms with Gasteiger partial charge in [0.2, 0.25) is 0 Å². The van der Waals surface area contributed by atoms with Gasteiger partial charge in [0.1, 0.15) is 11.2 Å². The molecule has 0 fully saturated rings. The van der Waals surface area contributed by atoms with Gasteiger partial charge in [-0.05, 0) is 75.8 Å². The van der Waals surface area contributed by atoms with E-state index in [1.54, 1.807) is 0 Å². The van der Waals surface area contributed by atoms with E-state index in [1.807, 2.05) is 48.5 Å². The highest BCUT2D eigenvalue weighted by Gasteiger charge is 2.36. The number of hydrogen-bond acceptors (Lipinski definition) is 5. The van der Waals surface area contributed by atoms with Crippen LogP contribution in [-0.4, -0.2) is 15.0 Å². The molecule has 0 N–H and O–H groups in total. The second-order valence-corrected chi connectivity index (χ2v) is 15.7. The minimum atomic E-state index is -0.162. The molecule has 5 nitrogen and oxygen atoms in total. The summed E-state index contributed by atoms with van der Waals surface area (Å²) in [6.45, 7) is 4.65. The van der Waals surface area contributed by atoms with Gasteiger partial charge in [-0.1, -0.05) is 159 Å². The Morgan fingerprint density at radius 2 is 1.00 bits per heavy atom. The largest absolute Gasteiger partial charge is 0.456 e. The zero-order valence-electron chi connectivity index (χ0n) is 32.7. The Morgan fingerprint density at radius 1 is 0.390 bits per heavy atom. The molecule has 1 aliphatic carbocycles. The summed E-state index contributed by atoms with van der Waals surface area (Å²) >= 11 is 0. The number of furan rings is 1. The zero-order chi connectivity index (χ0) is 39.5. The lowest BCUT2D eigenvalue weighted by molar-refractivity contribution is 0.660. The third-order valence-electron chi connectivity index (χ3n) is 11.7. The van der Waals surface area contributed by atoms with Crippen LogP contribution >= 0.6 is 0 Å². The Labute approximate surface area is 342 Å². The topological polar surface area (TPSA) is 55.1 Å². The van der Waals surface area contributed by atoms with E-state index in [9.17, 15) is 0 Å². The Kier molecular flexibility index (Phi) is 8.09. The van der Waals surface area contributed by atoms with Crippen molar-refractivity contribution in [2.45, 2.75) is 19.3 Å². The van der Waals surface area contributed by atoms with Crippen molar-refractivity contribution < 1.29 is 4.42 Å². The molecule has 0 saturated carbocycles. The number of aromatic nitrogens is 3. The first kappa shape index (κ1) is 34.6. The number of benzene rings is 8. The smallest absolute Gasteiger partial charge is 0.164 e. The summed E-state index contributed by atoms with van der Waals surface area (Å²) in [7, 11) is 0. The van der Waals surface area contributed by atoms with Crippen LogP contribution in [-0.2, 0) is 5.41 Å². The van der Waals surface area contributed by atoms with Crippen LogP contribution in [0.5, 0.6) is 0 Å². The van der Waals surface area contributed by atoms with Gasteiger partial charge >= 0.3 is 0 Å². The van der Waals surface area contributed by atoms with Crippen LogP contribution in [0.1, 0.15) is 25.0 Å². The Morgan fingerprint density at radius 3 is 1.80 bits per heavy atom. The van der Waals surface area contributed by atoms with E-state index in [-0.39, 0.29) is 5.41 Å². The summed E-state index contributed by atoms with van der Waals surface area (Å²) in [4.78, 5) is 18.0. The summed E-state index contributed by atoms with van der Waals surface area (Å²) in [5.41, 5.74) is 14.5. The second kappa shape index (κ2) is 13.8. The summed E-state index contributed by atoms with van der Waals surface area (Å²) < 4.78 is 6.72. The lowest BCUT2D eigenvalue weighted by Crippen LogP contribution is -2.16. The molecule has 0 amide bonds. The average molecular weight is 759 g/mol. The van der Waals surface area contributed by atoms with E-state index in [2.05, 4.69) is 164 Å². The predicted molar refractivity (Wildman–Crippen MR) is 241 cm³/mol. The molecular weight excluding hydrogens is 721 g/mol. The fraction of sp³-hybridized carbons (Fsp3) is 0.0556. The van der Waals surface area contributed by atoms with E-state index in [0.717, 1.165) is 66.8 Å². The average Bonchev–Trinajstić information content (AvgIpc) is 3.78. The molecule has 2 heterocycles. The molecule has 11 rings (SSSR count). The highest BCUT2D eigenvalue weighted by Crippen LogP contribution is 2.51. The molecule has 0 unspecified atom stereocenters. The van der Waals surface area contributed by atoms with E-state index < -0.39 is 0 Å². The third kappa shape index (κ3) is 5.90. The van der Waals surface area contributed by atoms with E-state index >= 15 is 0 Å². The maximum atomic E-state index is 6.72. The molecule has 0 atom stereocenters.